The van der Waals surface area contributed by atoms with Crippen molar-refractivity contribution in [2.75, 3.05) is 0 Å². The smallest absolute Gasteiger partial charge is 0.204 e. The Bertz CT molecular complexity index is 197. The lowest BCUT2D eigenvalue weighted by atomic mass is 10.1. The van der Waals surface area contributed by atoms with E-state index in [1.54, 1.807) is 6.08 Å². The van der Waals surface area contributed by atoms with Crippen molar-refractivity contribution in [1.29, 1.82) is 5.26 Å². The summed E-state index contributed by atoms with van der Waals surface area (Å²) < 4.78 is 4.93. The van der Waals surface area contributed by atoms with E-state index >= 15 is 0 Å². The average Bonchev–Trinajstić information content (AvgIpc) is 1.89. The topological polar surface area (TPSA) is 33.0 Å². The van der Waals surface area contributed by atoms with Crippen molar-refractivity contribution in [3.05, 3.63) is 24.0 Å². The molecule has 0 aromatic carbocycles. The summed E-state index contributed by atoms with van der Waals surface area (Å²) >= 11 is 0. The van der Waals surface area contributed by atoms with Crippen molar-refractivity contribution >= 4 is 0 Å². The van der Waals surface area contributed by atoms with Gasteiger partial charge in [-0.25, -0.2) is 0 Å². The van der Waals surface area contributed by atoms with E-state index in [2.05, 4.69) is 0 Å². The molecule has 2 nitrogen and oxygen atoms in total. The van der Waals surface area contributed by atoms with Gasteiger partial charge in [0.25, 0.3) is 0 Å². The van der Waals surface area contributed by atoms with Gasteiger partial charge in [0.2, 0.25) is 6.10 Å². The SMILES string of the molecule is CC1=CC=COC1C#N. The fourth-order valence-corrected chi connectivity index (χ4v) is 0.642. The molecule has 0 aromatic heterocycles. The molecule has 0 fully saturated rings. The Kier molecular flexibility index (Phi) is 1.55. The van der Waals surface area contributed by atoms with Gasteiger partial charge in [-0.2, -0.15) is 5.26 Å². The summed E-state index contributed by atoms with van der Waals surface area (Å²) in [6.07, 6.45) is 4.82. The molecule has 1 aliphatic rings. The maximum atomic E-state index is 8.41. The Balaban J connectivity index is 2.73. The van der Waals surface area contributed by atoms with Gasteiger partial charge in [0.15, 0.2) is 0 Å². The molecule has 0 N–H and O–H groups in total. The van der Waals surface area contributed by atoms with Gasteiger partial charge in [-0.15, -0.1) is 0 Å². The molecule has 0 aromatic rings. The molecule has 9 heavy (non-hydrogen) atoms. The summed E-state index contributed by atoms with van der Waals surface area (Å²) in [7, 11) is 0. The monoisotopic (exact) mass is 121 g/mol. The second-order valence-corrected chi connectivity index (χ2v) is 1.88. The molecule has 0 spiro atoms. The van der Waals surface area contributed by atoms with Gasteiger partial charge in [-0.3, -0.25) is 0 Å². The van der Waals surface area contributed by atoms with Crippen LogP contribution in [0.25, 0.3) is 0 Å². The molecular weight excluding hydrogens is 114 g/mol. The summed E-state index contributed by atoms with van der Waals surface area (Å²) in [5, 5.41) is 8.41. The third-order valence-electron chi connectivity index (χ3n) is 1.18. The van der Waals surface area contributed by atoms with E-state index in [0.29, 0.717) is 0 Å². The molecule has 46 valence electrons. The molecule has 0 saturated carbocycles. The second kappa shape index (κ2) is 2.36. The summed E-state index contributed by atoms with van der Waals surface area (Å²) in [5.74, 6) is 0. The first-order valence-electron chi connectivity index (χ1n) is 2.73. The van der Waals surface area contributed by atoms with Crippen LogP contribution in [-0.4, -0.2) is 6.10 Å². The van der Waals surface area contributed by atoms with E-state index < -0.39 is 0 Å². The van der Waals surface area contributed by atoms with E-state index in [9.17, 15) is 0 Å². The predicted octanol–water partition coefficient (Wildman–Crippen LogP) is 1.37. The lowest BCUT2D eigenvalue weighted by Crippen LogP contribution is -2.09. The van der Waals surface area contributed by atoms with Gasteiger partial charge < -0.3 is 4.74 Å². The maximum Gasteiger partial charge on any atom is 0.204 e. The minimum Gasteiger partial charge on any atom is -0.479 e. The third kappa shape index (κ3) is 1.11. The van der Waals surface area contributed by atoms with Crippen LogP contribution in [0.4, 0.5) is 0 Å². The molecule has 2 heteroatoms. The zero-order valence-corrected chi connectivity index (χ0v) is 5.16. The second-order valence-electron chi connectivity index (χ2n) is 1.88. The van der Waals surface area contributed by atoms with Gasteiger partial charge in [-0.1, -0.05) is 6.08 Å². The number of nitriles is 1. The number of rotatable bonds is 0. The van der Waals surface area contributed by atoms with Crippen molar-refractivity contribution in [2.45, 2.75) is 13.0 Å². The van der Waals surface area contributed by atoms with Crippen molar-refractivity contribution in [3.8, 4) is 6.07 Å². The molecule has 0 aliphatic carbocycles. The molecule has 1 aliphatic heterocycles. The fourth-order valence-electron chi connectivity index (χ4n) is 0.642. The van der Waals surface area contributed by atoms with E-state index in [1.807, 2.05) is 19.1 Å². The number of hydrogen-bond donors (Lipinski definition) is 0. The highest BCUT2D eigenvalue weighted by atomic mass is 16.5. The summed E-state index contributed by atoms with van der Waals surface area (Å²) in [5.41, 5.74) is 0.958. The van der Waals surface area contributed by atoms with Crippen LogP contribution in [-0.2, 0) is 4.74 Å². The molecule has 1 unspecified atom stereocenters. The van der Waals surface area contributed by atoms with Crippen LogP contribution in [0.2, 0.25) is 0 Å². The van der Waals surface area contributed by atoms with Crippen molar-refractivity contribution in [2.24, 2.45) is 0 Å². The van der Waals surface area contributed by atoms with Gasteiger partial charge in [0.05, 0.1) is 6.26 Å². The largest absolute Gasteiger partial charge is 0.479 e. The number of hydrogen-bond acceptors (Lipinski definition) is 2. The van der Waals surface area contributed by atoms with Crippen LogP contribution >= 0.6 is 0 Å². The highest BCUT2D eigenvalue weighted by Crippen LogP contribution is 2.09. The summed E-state index contributed by atoms with van der Waals surface area (Å²) in [4.78, 5) is 0. The summed E-state index contributed by atoms with van der Waals surface area (Å²) in [6, 6.07) is 2.01. The van der Waals surface area contributed by atoms with Gasteiger partial charge in [0.1, 0.15) is 6.07 Å². The molecule has 0 bridgehead atoms. The normalized spacial score (nSPS) is 24.0. The molecule has 0 saturated heterocycles. The minimum atomic E-state index is -0.366. The van der Waals surface area contributed by atoms with Crippen LogP contribution in [0, 0.1) is 11.3 Å². The van der Waals surface area contributed by atoms with E-state index in [-0.39, 0.29) is 6.10 Å². The zero-order valence-electron chi connectivity index (χ0n) is 5.16. The maximum absolute atomic E-state index is 8.41. The van der Waals surface area contributed by atoms with E-state index in [0.717, 1.165) is 5.57 Å². The Morgan fingerprint density at radius 1 is 1.78 bits per heavy atom. The van der Waals surface area contributed by atoms with Gasteiger partial charge in [-0.05, 0) is 18.6 Å². The zero-order chi connectivity index (χ0) is 6.69. The molecule has 1 atom stereocenters. The van der Waals surface area contributed by atoms with Crippen LogP contribution in [0.3, 0.4) is 0 Å². The Labute approximate surface area is 54.0 Å². The lowest BCUT2D eigenvalue weighted by Gasteiger charge is -2.11. The van der Waals surface area contributed by atoms with Crippen LogP contribution in [0.1, 0.15) is 6.92 Å². The van der Waals surface area contributed by atoms with Crippen LogP contribution < -0.4 is 0 Å². The van der Waals surface area contributed by atoms with Crippen molar-refractivity contribution < 1.29 is 4.74 Å². The average molecular weight is 121 g/mol. The van der Waals surface area contributed by atoms with Crippen LogP contribution in [0.15, 0.2) is 24.0 Å². The van der Waals surface area contributed by atoms with Crippen LogP contribution in [0.5, 0.6) is 0 Å². The molecule has 0 amide bonds. The van der Waals surface area contributed by atoms with Gasteiger partial charge in [0, 0.05) is 0 Å². The molecular formula is C7H7NO. The van der Waals surface area contributed by atoms with Crippen molar-refractivity contribution in [1.82, 2.24) is 0 Å². The fraction of sp³-hybridized carbons (Fsp3) is 0.286. The quantitative estimate of drug-likeness (QED) is 0.485. The molecule has 1 rings (SSSR count). The first-order chi connectivity index (χ1) is 4.34. The highest BCUT2D eigenvalue weighted by Gasteiger charge is 2.09. The number of allylic oxidation sites excluding steroid dienone is 2. The summed E-state index contributed by atoms with van der Waals surface area (Å²) in [6.45, 7) is 1.87. The molecule has 1 heterocycles. The van der Waals surface area contributed by atoms with Gasteiger partial charge >= 0.3 is 0 Å². The molecule has 0 radical (unpaired) electrons. The Morgan fingerprint density at radius 3 is 3.00 bits per heavy atom. The minimum absolute atomic E-state index is 0.366. The standard InChI is InChI=1S/C7H7NO/c1-6-3-2-4-9-7(6)5-8/h2-4,7H,1H3. The first-order valence-corrected chi connectivity index (χ1v) is 2.73. The first kappa shape index (κ1) is 5.90. The number of ether oxygens (including phenoxy) is 1. The lowest BCUT2D eigenvalue weighted by molar-refractivity contribution is 0.219. The highest BCUT2D eigenvalue weighted by molar-refractivity contribution is 5.22. The van der Waals surface area contributed by atoms with Crippen molar-refractivity contribution in [3.63, 3.8) is 0 Å². The third-order valence-corrected chi connectivity index (χ3v) is 1.18. The predicted molar refractivity (Wildman–Crippen MR) is 33.4 cm³/mol. The Morgan fingerprint density at radius 2 is 2.56 bits per heavy atom. The Hall–Kier alpha value is -1.23. The van der Waals surface area contributed by atoms with E-state index in [1.165, 1.54) is 6.26 Å². The van der Waals surface area contributed by atoms with E-state index in [4.69, 9.17) is 10.00 Å². The number of nitrogens with zero attached hydrogens (tertiary/aromatic N) is 1.